The number of carbonyl (C=O) groups is 1. The Morgan fingerprint density at radius 3 is 2.85 bits per heavy atom. The second-order valence-electron chi connectivity index (χ2n) is 4.10. The fourth-order valence-corrected chi connectivity index (χ4v) is 2.24. The van der Waals surface area contributed by atoms with Crippen molar-refractivity contribution in [2.24, 2.45) is 0 Å². The molecule has 2 aromatic rings. The smallest absolute Gasteiger partial charge is 0.255 e. The Bertz CT molecular complexity index is 664. The first kappa shape index (κ1) is 14.9. The lowest BCUT2D eigenvalue weighted by molar-refractivity contribution is 0.102. The van der Waals surface area contributed by atoms with Crippen molar-refractivity contribution in [3.63, 3.8) is 0 Å². The summed E-state index contributed by atoms with van der Waals surface area (Å²) in [6.45, 7) is 1.91. The van der Waals surface area contributed by atoms with E-state index in [1.54, 1.807) is 12.1 Å². The summed E-state index contributed by atoms with van der Waals surface area (Å²) in [6, 6.07) is 7.42. The first-order valence-corrected chi connectivity index (χ1v) is 7.09. The van der Waals surface area contributed by atoms with E-state index >= 15 is 0 Å². The summed E-state index contributed by atoms with van der Waals surface area (Å²) in [6.07, 6.45) is 0.659. The molecular weight excluding hydrogens is 347 g/mol. The van der Waals surface area contributed by atoms with Gasteiger partial charge in [-0.25, -0.2) is 9.37 Å². The molecule has 0 radical (unpaired) electrons. The number of benzene rings is 1. The molecule has 0 unspecified atom stereocenters. The van der Waals surface area contributed by atoms with E-state index < -0.39 is 11.7 Å². The number of carbonyl (C=O) groups excluding carboxylic acids is 1. The van der Waals surface area contributed by atoms with Gasteiger partial charge in [-0.3, -0.25) is 4.79 Å². The fourth-order valence-electron chi connectivity index (χ4n) is 1.65. The summed E-state index contributed by atoms with van der Waals surface area (Å²) in [7, 11) is 0. The Balaban J connectivity index is 2.28. The number of aryl methyl sites for hydroxylation is 1. The third-order valence-corrected chi connectivity index (χ3v) is 3.34. The van der Waals surface area contributed by atoms with Crippen LogP contribution in [0.1, 0.15) is 23.0 Å². The van der Waals surface area contributed by atoms with Crippen molar-refractivity contribution in [2.45, 2.75) is 13.3 Å². The van der Waals surface area contributed by atoms with Gasteiger partial charge in [0.2, 0.25) is 0 Å². The SMILES string of the molecule is CCc1cc(C(=O)Nc2cc(Br)ccc2F)cc(Cl)n1. The molecule has 1 aromatic heterocycles. The second-order valence-corrected chi connectivity index (χ2v) is 5.40. The van der Waals surface area contributed by atoms with Gasteiger partial charge in [0.25, 0.3) is 5.91 Å². The van der Waals surface area contributed by atoms with Crippen molar-refractivity contribution in [2.75, 3.05) is 5.32 Å². The fraction of sp³-hybridized carbons (Fsp3) is 0.143. The van der Waals surface area contributed by atoms with Gasteiger partial charge in [0.15, 0.2) is 0 Å². The number of amides is 1. The van der Waals surface area contributed by atoms with Gasteiger partial charge in [-0.05, 0) is 36.8 Å². The topological polar surface area (TPSA) is 42.0 Å². The number of nitrogens with one attached hydrogen (secondary N) is 1. The van der Waals surface area contributed by atoms with Crippen molar-refractivity contribution < 1.29 is 9.18 Å². The van der Waals surface area contributed by atoms with Crippen molar-refractivity contribution in [1.82, 2.24) is 4.98 Å². The van der Waals surface area contributed by atoms with Crippen molar-refractivity contribution in [3.05, 3.63) is 57.0 Å². The van der Waals surface area contributed by atoms with Crippen LogP contribution < -0.4 is 5.32 Å². The number of pyridine rings is 1. The van der Waals surface area contributed by atoms with Crippen LogP contribution >= 0.6 is 27.5 Å². The molecule has 0 spiro atoms. The highest BCUT2D eigenvalue weighted by atomic mass is 79.9. The third kappa shape index (κ3) is 3.55. The van der Waals surface area contributed by atoms with E-state index in [0.717, 1.165) is 0 Å². The molecule has 0 aliphatic carbocycles. The summed E-state index contributed by atoms with van der Waals surface area (Å²) in [5.74, 6) is -0.932. The Morgan fingerprint density at radius 1 is 1.40 bits per heavy atom. The number of rotatable bonds is 3. The largest absolute Gasteiger partial charge is 0.319 e. The molecular formula is C14H11BrClFN2O. The van der Waals surface area contributed by atoms with Crippen molar-refractivity contribution >= 4 is 39.1 Å². The highest BCUT2D eigenvalue weighted by molar-refractivity contribution is 9.10. The number of anilines is 1. The van der Waals surface area contributed by atoms with Crippen LogP contribution in [0.5, 0.6) is 0 Å². The molecule has 0 fully saturated rings. The van der Waals surface area contributed by atoms with Gasteiger partial charge in [-0.1, -0.05) is 34.5 Å². The number of hydrogen-bond donors (Lipinski definition) is 1. The predicted octanol–water partition coefficient (Wildman–Crippen LogP) is 4.45. The van der Waals surface area contributed by atoms with Crippen LogP contribution in [0.3, 0.4) is 0 Å². The van der Waals surface area contributed by atoms with Crippen LogP contribution in [0.25, 0.3) is 0 Å². The monoisotopic (exact) mass is 356 g/mol. The second kappa shape index (κ2) is 6.33. The van der Waals surface area contributed by atoms with Crippen LogP contribution in [-0.4, -0.2) is 10.9 Å². The zero-order valence-corrected chi connectivity index (χ0v) is 12.9. The van der Waals surface area contributed by atoms with E-state index in [0.29, 0.717) is 22.2 Å². The molecule has 1 heterocycles. The lowest BCUT2D eigenvalue weighted by atomic mass is 10.2. The van der Waals surface area contributed by atoms with E-state index in [2.05, 4.69) is 26.2 Å². The average molecular weight is 358 g/mol. The van der Waals surface area contributed by atoms with Crippen LogP contribution in [0.2, 0.25) is 5.15 Å². The van der Waals surface area contributed by atoms with Gasteiger partial charge >= 0.3 is 0 Å². The quantitative estimate of drug-likeness (QED) is 0.825. The maximum atomic E-state index is 13.6. The zero-order valence-electron chi connectivity index (χ0n) is 10.6. The molecule has 0 saturated heterocycles. The molecule has 0 saturated carbocycles. The predicted molar refractivity (Wildman–Crippen MR) is 80.7 cm³/mol. The van der Waals surface area contributed by atoms with Gasteiger partial charge in [0.1, 0.15) is 11.0 Å². The number of aromatic nitrogens is 1. The van der Waals surface area contributed by atoms with Crippen LogP contribution in [0.15, 0.2) is 34.8 Å². The maximum Gasteiger partial charge on any atom is 0.255 e. The van der Waals surface area contributed by atoms with E-state index in [-0.39, 0.29) is 10.8 Å². The molecule has 0 aliphatic rings. The molecule has 6 heteroatoms. The number of halogens is 3. The average Bonchev–Trinajstić information content (AvgIpc) is 2.42. The van der Waals surface area contributed by atoms with Crippen molar-refractivity contribution in [1.29, 1.82) is 0 Å². The molecule has 1 amide bonds. The molecule has 1 aromatic carbocycles. The maximum absolute atomic E-state index is 13.6. The van der Waals surface area contributed by atoms with E-state index in [4.69, 9.17) is 11.6 Å². The van der Waals surface area contributed by atoms with Gasteiger partial charge in [0.05, 0.1) is 5.69 Å². The van der Waals surface area contributed by atoms with Gasteiger partial charge in [0, 0.05) is 15.7 Å². The Kier molecular flexibility index (Phi) is 4.73. The molecule has 104 valence electrons. The highest BCUT2D eigenvalue weighted by Gasteiger charge is 2.12. The Morgan fingerprint density at radius 2 is 2.15 bits per heavy atom. The number of hydrogen-bond acceptors (Lipinski definition) is 2. The first-order chi connectivity index (χ1) is 9.49. The number of nitrogens with zero attached hydrogens (tertiary/aromatic N) is 1. The van der Waals surface area contributed by atoms with E-state index in [1.807, 2.05) is 6.92 Å². The molecule has 20 heavy (non-hydrogen) atoms. The highest BCUT2D eigenvalue weighted by Crippen LogP contribution is 2.21. The first-order valence-electron chi connectivity index (χ1n) is 5.92. The van der Waals surface area contributed by atoms with Crippen molar-refractivity contribution in [3.8, 4) is 0 Å². The normalized spacial score (nSPS) is 10.4. The summed E-state index contributed by atoms with van der Waals surface area (Å²) in [5.41, 5.74) is 1.16. The molecule has 0 atom stereocenters. The Hall–Kier alpha value is -1.46. The standard InChI is InChI=1S/C14H11BrClFN2O/c1-2-10-5-8(6-13(16)18-10)14(20)19-12-7-9(15)3-4-11(12)17/h3-7H,2H2,1H3,(H,19,20). The van der Waals surface area contributed by atoms with Gasteiger partial charge in [-0.15, -0.1) is 0 Å². The minimum Gasteiger partial charge on any atom is -0.319 e. The minimum atomic E-state index is -0.502. The zero-order chi connectivity index (χ0) is 14.7. The molecule has 3 nitrogen and oxygen atoms in total. The van der Waals surface area contributed by atoms with Crippen LogP contribution in [-0.2, 0) is 6.42 Å². The molecule has 0 aliphatic heterocycles. The molecule has 0 bridgehead atoms. The summed E-state index contributed by atoms with van der Waals surface area (Å²) in [5, 5.41) is 2.76. The third-order valence-electron chi connectivity index (χ3n) is 2.65. The van der Waals surface area contributed by atoms with Crippen LogP contribution in [0.4, 0.5) is 10.1 Å². The summed E-state index contributed by atoms with van der Waals surface area (Å²) >= 11 is 9.09. The van der Waals surface area contributed by atoms with E-state index in [1.165, 1.54) is 18.2 Å². The molecule has 2 rings (SSSR count). The van der Waals surface area contributed by atoms with Gasteiger partial charge < -0.3 is 5.32 Å². The van der Waals surface area contributed by atoms with E-state index in [9.17, 15) is 9.18 Å². The molecule has 1 N–H and O–H groups in total. The lowest BCUT2D eigenvalue weighted by Gasteiger charge is -2.08. The summed E-state index contributed by atoms with van der Waals surface area (Å²) in [4.78, 5) is 16.2. The van der Waals surface area contributed by atoms with Gasteiger partial charge in [-0.2, -0.15) is 0 Å². The Labute approximate surface area is 129 Å². The minimum absolute atomic E-state index is 0.107. The summed E-state index contributed by atoms with van der Waals surface area (Å²) < 4.78 is 14.3. The van der Waals surface area contributed by atoms with Crippen LogP contribution in [0, 0.1) is 5.82 Å². The lowest BCUT2D eigenvalue weighted by Crippen LogP contribution is -2.13.